The van der Waals surface area contributed by atoms with E-state index in [1.165, 1.54) is 101 Å². The quantitative estimate of drug-likeness (QED) is 0.184. The Balaban J connectivity index is 3.06. The summed E-state index contributed by atoms with van der Waals surface area (Å²) in [5.41, 5.74) is 0. The van der Waals surface area contributed by atoms with Gasteiger partial charge in [-0.3, -0.25) is 4.79 Å². The summed E-state index contributed by atoms with van der Waals surface area (Å²) in [6.45, 7) is 2.28. The zero-order valence-electron chi connectivity index (χ0n) is 17.5. The van der Waals surface area contributed by atoms with E-state index in [0.29, 0.717) is 6.42 Å². The molecular weight excluding hydrogens is 310 g/mol. The summed E-state index contributed by atoms with van der Waals surface area (Å²) in [6, 6.07) is 0. The third-order valence-electron chi connectivity index (χ3n) is 4.77. The van der Waals surface area contributed by atoms with Crippen LogP contribution in [0.25, 0.3) is 0 Å². The zero-order chi connectivity index (χ0) is 18.6. The lowest BCUT2D eigenvalue weighted by atomic mass is 10.0. The second-order valence-corrected chi connectivity index (χ2v) is 7.68. The first-order chi connectivity index (χ1) is 12.2. The van der Waals surface area contributed by atoms with Gasteiger partial charge in [-0.05, 0) is 6.42 Å². The van der Waals surface area contributed by atoms with Crippen molar-refractivity contribution in [3.8, 4) is 0 Å². The van der Waals surface area contributed by atoms with Crippen molar-refractivity contribution < 1.29 is 9.63 Å². The van der Waals surface area contributed by atoms with Gasteiger partial charge in [0.2, 0.25) is 0 Å². The Kier molecular flexibility index (Phi) is 19.3. The fourth-order valence-electron chi connectivity index (χ4n) is 3.24. The van der Waals surface area contributed by atoms with Crippen molar-refractivity contribution in [3.05, 3.63) is 0 Å². The predicted molar refractivity (Wildman–Crippen MR) is 109 cm³/mol. The zero-order valence-corrected chi connectivity index (χ0v) is 17.5. The first-order valence-corrected chi connectivity index (χ1v) is 11.0. The van der Waals surface area contributed by atoms with E-state index in [4.69, 9.17) is 4.84 Å². The molecule has 3 heteroatoms. The molecule has 25 heavy (non-hydrogen) atoms. The van der Waals surface area contributed by atoms with Gasteiger partial charge in [-0.15, -0.1) is 5.06 Å². The summed E-state index contributed by atoms with van der Waals surface area (Å²) in [4.78, 5) is 16.3. The van der Waals surface area contributed by atoms with Crippen LogP contribution in [0, 0.1) is 0 Å². The average molecular weight is 356 g/mol. The van der Waals surface area contributed by atoms with Crippen molar-refractivity contribution in [1.29, 1.82) is 0 Å². The molecule has 0 aliphatic heterocycles. The van der Waals surface area contributed by atoms with Gasteiger partial charge in [0.1, 0.15) is 0 Å². The average Bonchev–Trinajstić information content (AvgIpc) is 2.57. The van der Waals surface area contributed by atoms with Crippen molar-refractivity contribution in [2.24, 2.45) is 0 Å². The lowest BCUT2D eigenvalue weighted by molar-refractivity contribution is -0.178. The highest BCUT2D eigenvalue weighted by Gasteiger charge is 2.03. The number of hydrogen-bond donors (Lipinski definition) is 0. The molecule has 3 nitrogen and oxygen atoms in total. The molecule has 0 aromatic heterocycles. The van der Waals surface area contributed by atoms with E-state index in [0.717, 1.165) is 12.8 Å². The number of unbranched alkanes of at least 4 members (excludes halogenated alkanes) is 16. The van der Waals surface area contributed by atoms with Gasteiger partial charge in [0.05, 0.1) is 0 Å². The van der Waals surface area contributed by atoms with Crippen LogP contribution in [0.5, 0.6) is 0 Å². The topological polar surface area (TPSA) is 29.5 Å². The van der Waals surface area contributed by atoms with Crippen LogP contribution < -0.4 is 0 Å². The number of rotatable bonds is 19. The van der Waals surface area contributed by atoms with Gasteiger partial charge in [-0.25, -0.2) is 0 Å². The lowest BCUT2D eigenvalue weighted by Gasteiger charge is -2.09. The van der Waals surface area contributed by atoms with E-state index >= 15 is 0 Å². The second-order valence-electron chi connectivity index (χ2n) is 7.68. The molecule has 0 saturated heterocycles. The predicted octanol–water partition coefficient (Wildman–Crippen LogP) is 7.05. The molecule has 0 spiro atoms. The van der Waals surface area contributed by atoms with Crippen LogP contribution in [0.15, 0.2) is 0 Å². The molecule has 0 radical (unpaired) electrons. The fraction of sp³-hybridized carbons (Fsp3) is 0.955. The SMILES string of the molecule is CCCCCCCCCCCCCCCCCCCC(=O)ON(C)C. The Morgan fingerprint density at radius 2 is 0.920 bits per heavy atom. The second kappa shape index (κ2) is 19.8. The smallest absolute Gasteiger partial charge is 0.325 e. The number of carbonyl (C=O) groups excluding carboxylic acids is 1. The molecule has 0 fully saturated rings. The first-order valence-electron chi connectivity index (χ1n) is 11.0. The minimum Gasteiger partial charge on any atom is -0.369 e. The van der Waals surface area contributed by atoms with Gasteiger partial charge >= 0.3 is 5.97 Å². The van der Waals surface area contributed by atoms with E-state index in [1.807, 2.05) is 0 Å². The highest BCUT2D eigenvalue weighted by Crippen LogP contribution is 2.14. The van der Waals surface area contributed by atoms with Gasteiger partial charge < -0.3 is 4.84 Å². The number of hydrogen-bond acceptors (Lipinski definition) is 3. The van der Waals surface area contributed by atoms with E-state index in [9.17, 15) is 4.79 Å². The summed E-state index contributed by atoms with van der Waals surface area (Å²) < 4.78 is 0. The molecule has 0 unspecified atom stereocenters. The van der Waals surface area contributed by atoms with E-state index in [1.54, 1.807) is 14.1 Å². The molecule has 0 aliphatic rings. The maximum atomic E-state index is 11.3. The van der Waals surface area contributed by atoms with Gasteiger partial charge in [0, 0.05) is 20.5 Å². The van der Waals surface area contributed by atoms with Crippen molar-refractivity contribution in [1.82, 2.24) is 5.06 Å². The Morgan fingerprint density at radius 1 is 0.600 bits per heavy atom. The summed E-state index contributed by atoms with van der Waals surface area (Å²) in [5, 5.41) is 1.47. The van der Waals surface area contributed by atoms with E-state index in [-0.39, 0.29) is 5.97 Å². The molecule has 0 aromatic carbocycles. The molecule has 0 aromatic rings. The van der Waals surface area contributed by atoms with E-state index in [2.05, 4.69) is 6.92 Å². The van der Waals surface area contributed by atoms with Crippen LogP contribution in [0.2, 0.25) is 0 Å². The molecular formula is C22H45NO2. The molecule has 0 atom stereocenters. The van der Waals surface area contributed by atoms with Crippen LogP contribution in [-0.4, -0.2) is 25.1 Å². The van der Waals surface area contributed by atoms with Crippen LogP contribution in [0.1, 0.15) is 122 Å². The molecule has 0 heterocycles. The summed E-state index contributed by atoms with van der Waals surface area (Å²) >= 11 is 0. The minimum atomic E-state index is -0.106. The molecule has 0 amide bonds. The van der Waals surface area contributed by atoms with Gasteiger partial charge in [-0.2, -0.15) is 0 Å². The maximum Gasteiger partial charge on any atom is 0.325 e. The van der Waals surface area contributed by atoms with Crippen molar-refractivity contribution >= 4 is 5.97 Å². The van der Waals surface area contributed by atoms with Crippen LogP contribution in [0.4, 0.5) is 0 Å². The molecule has 0 saturated carbocycles. The van der Waals surface area contributed by atoms with Crippen molar-refractivity contribution in [3.63, 3.8) is 0 Å². The summed E-state index contributed by atoms with van der Waals surface area (Å²) in [5.74, 6) is -0.106. The highest BCUT2D eigenvalue weighted by molar-refractivity contribution is 5.68. The third kappa shape index (κ3) is 21.4. The van der Waals surface area contributed by atoms with Gasteiger partial charge in [-0.1, -0.05) is 110 Å². The van der Waals surface area contributed by atoms with Crippen LogP contribution >= 0.6 is 0 Å². The highest BCUT2D eigenvalue weighted by atomic mass is 16.7. The van der Waals surface area contributed by atoms with Gasteiger partial charge in [0.15, 0.2) is 0 Å². The molecule has 0 N–H and O–H groups in total. The molecule has 0 bridgehead atoms. The molecule has 150 valence electrons. The summed E-state index contributed by atoms with van der Waals surface area (Å²) in [6.07, 6.45) is 23.7. The fourth-order valence-corrected chi connectivity index (χ4v) is 3.24. The van der Waals surface area contributed by atoms with Gasteiger partial charge in [0.25, 0.3) is 0 Å². The number of carbonyl (C=O) groups is 1. The maximum absolute atomic E-state index is 11.3. The van der Waals surface area contributed by atoms with Crippen molar-refractivity contribution in [2.75, 3.05) is 14.1 Å². The normalized spacial score (nSPS) is 11.2. The molecule has 0 aliphatic carbocycles. The Labute approximate surface area is 157 Å². The van der Waals surface area contributed by atoms with Crippen LogP contribution in [-0.2, 0) is 9.63 Å². The minimum absolute atomic E-state index is 0.106. The Hall–Kier alpha value is -0.570. The van der Waals surface area contributed by atoms with Crippen LogP contribution in [0.3, 0.4) is 0 Å². The lowest BCUT2D eigenvalue weighted by Crippen LogP contribution is -2.18. The van der Waals surface area contributed by atoms with Crippen molar-refractivity contribution in [2.45, 2.75) is 122 Å². The summed E-state index contributed by atoms with van der Waals surface area (Å²) in [7, 11) is 3.49. The largest absolute Gasteiger partial charge is 0.369 e. The Morgan fingerprint density at radius 3 is 1.24 bits per heavy atom. The number of hydroxylamine groups is 2. The molecule has 0 rings (SSSR count). The van der Waals surface area contributed by atoms with E-state index < -0.39 is 0 Å². The number of nitrogens with zero attached hydrogens (tertiary/aromatic N) is 1. The standard InChI is InChI=1S/C22H45NO2/c1-4-5-6-7-8-9-10-11-12-13-14-15-16-17-18-19-20-21-22(24)25-23(2)3/h4-21H2,1-3H3. The first kappa shape index (κ1) is 24.4. The Bertz CT molecular complexity index is 279. The monoisotopic (exact) mass is 355 g/mol. The third-order valence-corrected chi connectivity index (χ3v) is 4.77.